The molecule has 2 heterocycles. The van der Waals surface area contributed by atoms with Crippen molar-refractivity contribution in [1.29, 1.82) is 0 Å². The normalized spacial score (nSPS) is 12.1. The monoisotopic (exact) mass is 383 g/mol. The van der Waals surface area contributed by atoms with Gasteiger partial charge in [0.15, 0.2) is 0 Å². The van der Waals surface area contributed by atoms with E-state index in [1.54, 1.807) is 6.92 Å². The molecule has 124 valence electrons. The van der Waals surface area contributed by atoms with Gasteiger partial charge in [-0.1, -0.05) is 29.4 Å². The van der Waals surface area contributed by atoms with E-state index < -0.39 is 11.1 Å². The second-order valence-corrected chi connectivity index (χ2v) is 7.38. The molecule has 0 unspecified atom stereocenters. The Balaban J connectivity index is 1.62. The molecule has 0 radical (unpaired) electrons. The molecular formula is C15H11ClFN3O2S2. The fourth-order valence-electron chi connectivity index (χ4n) is 1.78. The van der Waals surface area contributed by atoms with Gasteiger partial charge in [-0.05, 0) is 36.6 Å². The number of thiophene rings is 1. The number of halogens is 2. The molecule has 1 atom stereocenters. The van der Waals surface area contributed by atoms with Crippen LogP contribution < -0.4 is 5.32 Å². The summed E-state index contributed by atoms with van der Waals surface area (Å²) in [5.41, 5.74) is 0.420. The Morgan fingerprint density at radius 1 is 1.42 bits per heavy atom. The zero-order valence-electron chi connectivity index (χ0n) is 12.3. The van der Waals surface area contributed by atoms with Gasteiger partial charge in [0.1, 0.15) is 5.82 Å². The summed E-state index contributed by atoms with van der Waals surface area (Å²) in [5, 5.41) is 12.2. The largest absolute Gasteiger partial charge is 0.410 e. The van der Waals surface area contributed by atoms with Crippen molar-refractivity contribution in [2.45, 2.75) is 17.4 Å². The van der Waals surface area contributed by atoms with Crippen molar-refractivity contribution in [3.8, 4) is 10.8 Å². The van der Waals surface area contributed by atoms with Crippen molar-refractivity contribution in [2.75, 3.05) is 5.32 Å². The van der Waals surface area contributed by atoms with Gasteiger partial charge in [0.05, 0.1) is 15.1 Å². The van der Waals surface area contributed by atoms with Crippen molar-refractivity contribution in [1.82, 2.24) is 10.2 Å². The number of anilines is 1. The van der Waals surface area contributed by atoms with E-state index in [0.29, 0.717) is 16.8 Å². The number of rotatable bonds is 5. The first kappa shape index (κ1) is 16.9. The molecule has 0 bridgehead atoms. The van der Waals surface area contributed by atoms with E-state index in [1.807, 2.05) is 17.5 Å². The van der Waals surface area contributed by atoms with Crippen LogP contribution in [0.2, 0.25) is 5.02 Å². The molecule has 0 aliphatic carbocycles. The summed E-state index contributed by atoms with van der Waals surface area (Å²) in [4.78, 5) is 13.1. The van der Waals surface area contributed by atoms with E-state index in [2.05, 4.69) is 15.5 Å². The number of hydrogen-bond acceptors (Lipinski definition) is 6. The number of nitrogens with one attached hydrogen (secondary N) is 1. The summed E-state index contributed by atoms with van der Waals surface area (Å²) < 4.78 is 18.7. The minimum absolute atomic E-state index is 0.0504. The van der Waals surface area contributed by atoms with Crippen molar-refractivity contribution in [3.05, 3.63) is 46.6 Å². The average molecular weight is 384 g/mol. The summed E-state index contributed by atoms with van der Waals surface area (Å²) in [6.45, 7) is 1.71. The smallest absolute Gasteiger partial charge is 0.277 e. The second kappa shape index (κ2) is 7.33. The van der Waals surface area contributed by atoms with Crippen LogP contribution in [-0.4, -0.2) is 21.4 Å². The van der Waals surface area contributed by atoms with Crippen LogP contribution in [-0.2, 0) is 4.79 Å². The molecule has 0 aliphatic rings. The van der Waals surface area contributed by atoms with Crippen molar-refractivity contribution >= 4 is 46.3 Å². The lowest BCUT2D eigenvalue weighted by Crippen LogP contribution is -2.22. The van der Waals surface area contributed by atoms with Gasteiger partial charge in [-0.3, -0.25) is 4.79 Å². The molecule has 2 aromatic heterocycles. The summed E-state index contributed by atoms with van der Waals surface area (Å²) in [6.07, 6.45) is 0. The number of hydrogen-bond donors (Lipinski definition) is 1. The molecule has 1 N–H and O–H groups in total. The van der Waals surface area contributed by atoms with Crippen molar-refractivity contribution in [2.24, 2.45) is 0 Å². The van der Waals surface area contributed by atoms with E-state index in [-0.39, 0.29) is 10.9 Å². The quantitative estimate of drug-likeness (QED) is 0.646. The summed E-state index contributed by atoms with van der Waals surface area (Å²) in [6, 6.07) is 7.76. The van der Waals surface area contributed by atoms with E-state index in [1.165, 1.54) is 29.5 Å². The molecule has 0 saturated carbocycles. The third kappa shape index (κ3) is 3.95. The zero-order chi connectivity index (χ0) is 17.1. The lowest BCUT2D eigenvalue weighted by Gasteiger charge is -2.10. The van der Waals surface area contributed by atoms with Gasteiger partial charge in [0.25, 0.3) is 11.1 Å². The molecule has 0 aliphatic heterocycles. The van der Waals surface area contributed by atoms with Gasteiger partial charge in [0.2, 0.25) is 5.91 Å². The summed E-state index contributed by atoms with van der Waals surface area (Å²) in [5.74, 6) is -0.395. The fraction of sp³-hybridized carbons (Fsp3) is 0.133. The molecule has 0 saturated heterocycles. The molecular weight excluding hydrogens is 373 g/mol. The Labute approximate surface area is 150 Å². The number of carbonyl (C=O) groups is 1. The molecule has 0 fully saturated rings. The van der Waals surface area contributed by atoms with E-state index in [4.69, 9.17) is 16.0 Å². The fourth-order valence-corrected chi connectivity index (χ4v) is 3.29. The maximum atomic E-state index is 13.1. The van der Waals surface area contributed by atoms with Crippen LogP contribution >= 0.6 is 34.7 Å². The predicted octanol–water partition coefficient (Wildman–Crippen LogP) is 4.71. The first-order valence-corrected chi connectivity index (χ1v) is 8.96. The number of aromatic nitrogens is 2. The lowest BCUT2D eigenvalue weighted by molar-refractivity contribution is -0.115. The summed E-state index contributed by atoms with van der Waals surface area (Å²) in [7, 11) is 0. The Kier molecular flexibility index (Phi) is 5.17. The van der Waals surface area contributed by atoms with Crippen LogP contribution in [0.15, 0.2) is 45.4 Å². The Morgan fingerprint density at radius 2 is 2.25 bits per heavy atom. The molecule has 3 rings (SSSR count). The highest BCUT2D eigenvalue weighted by molar-refractivity contribution is 8.00. The molecule has 24 heavy (non-hydrogen) atoms. The maximum Gasteiger partial charge on any atom is 0.277 e. The van der Waals surface area contributed by atoms with Crippen LogP contribution in [0.25, 0.3) is 10.8 Å². The van der Waals surface area contributed by atoms with E-state index in [0.717, 1.165) is 16.6 Å². The highest BCUT2D eigenvalue weighted by Crippen LogP contribution is 2.29. The first-order valence-electron chi connectivity index (χ1n) is 6.83. The maximum absolute atomic E-state index is 13.1. The minimum Gasteiger partial charge on any atom is -0.410 e. The van der Waals surface area contributed by atoms with Gasteiger partial charge < -0.3 is 9.73 Å². The first-order chi connectivity index (χ1) is 11.5. The second-order valence-electron chi connectivity index (χ2n) is 4.73. The van der Waals surface area contributed by atoms with Gasteiger partial charge in [0, 0.05) is 5.69 Å². The standard InChI is InChI=1S/C15H11ClFN3O2S2/c1-8(13(21)18-9-4-5-11(17)10(16)7-9)24-15-20-19-14(22-15)12-3-2-6-23-12/h2-8H,1H3,(H,18,21)/t8-/m0/s1. The number of amides is 1. The van der Waals surface area contributed by atoms with Crippen LogP contribution in [0.4, 0.5) is 10.1 Å². The molecule has 0 spiro atoms. The minimum atomic E-state index is -0.538. The van der Waals surface area contributed by atoms with E-state index >= 15 is 0 Å². The van der Waals surface area contributed by atoms with Gasteiger partial charge in [-0.25, -0.2) is 4.39 Å². The summed E-state index contributed by atoms with van der Waals surface area (Å²) >= 11 is 8.33. The van der Waals surface area contributed by atoms with Crippen molar-refractivity contribution < 1.29 is 13.6 Å². The number of nitrogens with zero attached hydrogens (tertiary/aromatic N) is 2. The Hall–Kier alpha value is -1.90. The van der Waals surface area contributed by atoms with Crippen LogP contribution in [0.5, 0.6) is 0 Å². The molecule has 3 aromatic rings. The molecule has 5 nitrogen and oxygen atoms in total. The predicted molar refractivity (Wildman–Crippen MR) is 93.0 cm³/mol. The third-order valence-electron chi connectivity index (χ3n) is 2.97. The number of carbonyl (C=O) groups excluding carboxylic acids is 1. The zero-order valence-corrected chi connectivity index (χ0v) is 14.7. The Bertz CT molecular complexity index is 854. The van der Waals surface area contributed by atoms with E-state index in [9.17, 15) is 9.18 Å². The molecule has 1 aromatic carbocycles. The number of benzene rings is 1. The third-order valence-corrected chi connectivity index (χ3v) is 5.05. The molecule has 1 amide bonds. The van der Waals surface area contributed by atoms with Crippen LogP contribution in [0, 0.1) is 5.82 Å². The Morgan fingerprint density at radius 3 is 2.96 bits per heavy atom. The highest BCUT2D eigenvalue weighted by Gasteiger charge is 2.19. The van der Waals surface area contributed by atoms with Crippen LogP contribution in [0.1, 0.15) is 6.92 Å². The van der Waals surface area contributed by atoms with Gasteiger partial charge in [-0.2, -0.15) is 0 Å². The van der Waals surface area contributed by atoms with Crippen LogP contribution in [0.3, 0.4) is 0 Å². The van der Waals surface area contributed by atoms with Gasteiger partial charge in [-0.15, -0.1) is 21.5 Å². The van der Waals surface area contributed by atoms with Gasteiger partial charge >= 0.3 is 0 Å². The highest BCUT2D eigenvalue weighted by atomic mass is 35.5. The lowest BCUT2D eigenvalue weighted by atomic mass is 10.3. The van der Waals surface area contributed by atoms with Crippen molar-refractivity contribution in [3.63, 3.8) is 0 Å². The average Bonchev–Trinajstić information content (AvgIpc) is 3.21. The molecule has 9 heteroatoms. The number of thioether (sulfide) groups is 1. The topological polar surface area (TPSA) is 68.0 Å². The SMILES string of the molecule is C[C@H](Sc1nnc(-c2cccs2)o1)C(=O)Nc1ccc(F)c(Cl)c1.